The molecule has 0 aromatic heterocycles. The molecular formula is C19H24O2. The lowest BCUT2D eigenvalue weighted by atomic mass is 9.76. The molecule has 2 aromatic carbocycles. The van der Waals surface area contributed by atoms with Gasteiger partial charge in [-0.25, -0.2) is 0 Å². The number of aliphatic hydroxyl groups is 2. The zero-order valence-electron chi connectivity index (χ0n) is 12.8. The molecule has 2 heteroatoms. The maximum atomic E-state index is 9.92. The molecule has 0 unspecified atom stereocenters. The highest BCUT2D eigenvalue weighted by Crippen LogP contribution is 2.30. The summed E-state index contributed by atoms with van der Waals surface area (Å²) in [5.41, 5.74) is 4.30. The molecule has 0 amide bonds. The Bertz CT molecular complexity index is 551. The summed E-state index contributed by atoms with van der Waals surface area (Å²) in [6.07, 6.45) is 1.36. The van der Waals surface area contributed by atoms with Crippen LogP contribution >= 0.6 is 0 Å². The molecule has 0 aliphatic heterocycles. The largest absolute Gasteiger partial charge is 0.396 e. The van der Waals surface area contributed by atoms with Crippen molar-refractivity contribution in [3.63, 3.8) is 0 Å². The predicted molar refractivity (Wildman–Crippen MR) is 86.4 cm³/mol. The third-order valence-corrected chi connectivity index (χ3v) is 4.29. The first-order chi connectivity index (χ1) is 10.1. The smallest absolute Gasteiger partial charge is 0.0515 e. The Balaban J connectivity index is 2.30. The van der Waals surface area contributed by atoms with Crippen molar-refractivity contribution in [2.75, 3.05) is 13.2 Å². The summed E-state index contributed by atoms with van der Waals surface area (Å²) in [6.45, 7) is 4.13. The predicted octanol–water partition coefficient (Wildman–Crippen LogP) is 3.06. The lowest BCUT2D eigenvalue weighted by Crippen LogP contribution is -2.35. The highest BCUT2D eigenvalue weighted by atomic mass is 16.3. The Morgan fingerprint density at radius 2 is 1.33 bits per heavy atom. The number of hydrogen-bond donors (Lipinski definition) is 2. The molecule has 0 fully saturated rings. The van der Waals surface area contributed by atoms with E-state index in [1.54, 1.807) is 0 Å². The zero-order chi connectivity index (χ0) is 15.3. The van der Waals surface area contributed by atoms with E-state index in [9.17, 15) is 10.2 Å². The Kier molecular flexibility index (Phi) is 5.16. The second kappa shape index (κ2) is 6.88. The van der Waals surface area contributed by atoms with Crippen LogP contribution < -0.4 is 0 Å². The number of hydrogen-bond acceptors (Lipinski definition) is 2. The van der Waals surface area contributed by atoms with Crippen LogP contribution in [0.3, 0.4) is 0 Å². The Labute approximate surface area is 127 Å². The van der Waals surface area contributed by atoms with Gasteiger partial charge in [-0.05, 0) is 48.9 Å². The van der Waals surface area contributed by atoms with Gasteiger partial charge in [-0.2, -0.15) is 0 Å². The Hall–Kier alpha value is -1.64. The van der Waals surface area contributed by atoms with Gasteiger partial charge < -0.3 is 10.2 Å². The van der Waals surface area contributed by atoms with Gasteiger partial charge in [0.05, 0.1) is 13.2 Å². The minimum atomic E-state index is -0.516. The third kappa shape index (κ3) is 3.72. The van der Waals surface area contributed by atoms with E-state index in [1.807, 2.05) is 36.4 Å². The molecule has 112 valence electrons. The van der Waals surface area contributed by atoms with E-state index in [0.717, 1.165) is 5.56 Å². The monoisotopic (exact) mass is 284 g/mol. The van der Waals surface area contributed by atoms with Crippen LogP contribution in [-0.2, 0) is 12.8 Å². The lowest BCUT2D eigenvalue weighted by molar-refractivity contribution is 0.0545. The van der Waals surface area contributed by atoms with Crippen LogP contribution in [0.15, 0.2) is 48.5 Å². The van der Waals surface area contributed by atoms with Gasteiger partial charge in [0, 0.05) is 5.41 Å². The molecule has 0 radical (unpaired) electrons. The topological polar surface area (TPSA) is 40.5 Å². The minimum absolute atomic E-state index is 0.0217. The molecule has 0 bridgehead atoms. The van der Waals surface area contributed by atoms with E-state index in [4.69, 9.17) is 0 Å². The molecule has 21 heavy (non-hydrogen) atoms. The Morgan fingerprint density at radius 1 is 0.762 bits per heavy atom. The van der Waals surface area contributed by atoms with Crippen LogP contribution in [0.5, 0.6) is 0 Å². The molecule has 2 nitrogen and oxygen atoms in total. The lowest BCUT2D eigenvalue weighted by Gasteiger charge is -2.31. The highest BCUT2D eigenvalue weighted by molar-refractivity contribution is 5.35. The van der Waals surface area contributed by atoms with Crippen LogP contribution in [0.1, 0.15) is 22.3 Å². The van der Waals surface area contributed by atoms with E-state index in [2.05, 4.69) is 26.0 Å². The normalized spacial score (nSPS) is 11.6. The molecule has 0 saturated carbocycles. The second-order valence-corrected chi connectivity index (χ2v) is 6.03. The van der Waals surface area contributed by atoms with Gasteiger partial charge in [0.2, 0.25) is 0 Å². The molecule has 0 heterocycles. The molecule has 0 saturated heterocycles. The van der Waals surface area contributed by atoms with Gasteiger partial charge in [0.1, 0.15) is 0 Å². The van der Waals surface area contributed by atoms with E-state index < -0.39 is 5.41 Å². The van der Waals surface area contributed by atoms with Gasteiger partial charge >= 0.3 is 0 Å². The first-order valence-electron chi connectivity index (χ1n) is 7.41. The zero-order valence-corrected chi connectivity index (χ0v) is 12.8. The average molecular weight is 284 g/mol. The summed E-state index contributed by atoms with van der Waals surface area (Å²) in [5, 5.41) is 19.8. The van der Waals surface area contributed by atoms with Gasteiger partial charge in [-0.15, -0.1) is 0 Å². The second-order valence-electron chi connectivity index (χ2n) is 6.03. The van der Waals surface area contributed by atoms with Crippen LogP contribution in [-0.4, -0.2) is 23.4 Å². The van der Waals surface area contributed by atoms with Gasteiger partial charge in [-0.3, -0.25) is 0 Å². The van der Waals surface area contributed by atoms with Crippen molar-refractivity contribution in [3.05, 3.63) is 70.8 Å². The van der Waals surface area contributed by atoms with Crippen molar-refractivity contribution in [1.29, 1.82) is 0 Å². The van der Waals surface area contributed by atoms with Gasteiger partial charge in [-0.1, -0.05) is 48.5 Å². The standard InChI is InChI=1S/C19H24O2/c1-15-7-6-8-16(2)18(15)12-19(13-20,14-21)11-17-9-4-3-5-10-17/h3-10,20-21H,11-14H2,1-2H3. The molecule has 0 aliphatic carbocycles. The average Bonchev–Trinajstić information content (AvgIpc) is 2.51. The van der Waals surface area contributed by atoms with Crippen LogP contribution in [0.25, 0.3) is 0 Å². The summed E-state index contributed by atoms with van der Waals surface area (Å²) in [5.74, 6) is 0. The van der Waals surface area contributed by atoms with E-state index >= 15 is 0 Å². The summed E-state index contributed by atoms with van der Waals surface area (Å²) < 4.78 is 0. The SMILES string of the molecule is Cc1cccc(C)c1CC(CO)(CO)Cc1ccccc1. The molecular weight excluding hydrogens is 260 g/mol. The van der Waals surface area contributed by atoms with Crippen LogP contribution in [0, 0.1) is 19.3 Å². The fraction of sp³-hybridized carbons (Fsp3) is 0.368. The fourth-order valence-electron chi connectivity index (χ4n) is 2.87. The number of benzene rings is 2. The van der Waals surface area contributed by atoms with Crippen molar-refractivity contribution in [3.8, 4) is 0 Å². The molecule has 0 atom stereocenters. The first-order valence-corrected chi connectivity index (χ1v) is 7.41. The summed E-state index contributed by atoms with van der Waals surface area (Å²) in [6, 6.07) is 16.3. The quantitative estimate of drug-likeness (QED) is 0.856. The van der Waals surface area contributed by atoms with E-state index in [1.165, 1.54) is 16.7 Å². The fourth-order valence-corrected chi connectivity index (χ4v) is 2.87. The molecule has 2 rings (SSSR count). The number of aliphatic hydroxyl groups excluding tert-OH is 2. The highest BCUT2D eigenvalue weighted by Gasteiger charge is 2.30. The number of rotatable bonds is 6. The summed E-state index contributed by atoms with van der Waals surface area (Å²) in [7, 11) is 0. The third-order valence-electron chi connectivity index (χ3n) is 4.29. The maximum Gasteiger partial charge on any atom is 0.0515 e. The maximum absolute atomic E-state index is 9.92. The molecule has 0 aliphatic rings. The number of aryl methyl sites for hydroxylation is 2. The van der Waals surface area contributed by atoms with Gasteiger partial charge in [0.15, 0.2) is 0 Å². The van der Waals surface area contributed by atoms with Gasteiger partial charge in [0.25, 0.3) is 0 Å². The van der Waals surface area contributed by atoms with E-state index in [-0.39, 0.29) is 13.2 Å². The van der Waals surface area contributed by atoms with Crippen molar-refractivity contribution < 1.29 is 10.2 Å². The Morgan fingerprint density at radius 3 is 1.86 bits per heavy atom. The van der Waals surface area contributed by atoms with Crippen molar-refractivity contribution in [2.45, 2.75) is 26.7 Å². The van der Waals surface area contributed by atoms with Crippen molar-refractivity contribution >= 4 is 0 Å². The van der Waals surface area contributed by atoms with Crippen LogP contribution in [0.4, 0.5) is 0 Å². The molecule has 0 spiro atoms. The van der Waals surface area contributed by atoms with Crippen molar-refractivity contribution in [2.24, 2.45) is 5.41 Å². The minimum Gasteiger partial charge on any atom is -0.396 e. The molecule has 2 aromatic rings. The first kappa shape index (κ1) is 15.7. The molecule has 2 N–H and O–H groups in total. The van der Waals surface area contributed by atoms with E-state index in [0.29, 0.717) is 12.8 Å². The summed E-state index contributed by atoms with van der Waals surface area (Å²) in [4.78, 5) is 0. The van der Waals surface area contributed by atoms with Crippen LogP contribution in [0.2, 0.25) is 0 Å². The van der Waals surface area contributed by atoms with Crippen molar-refractivity contribution in [1.82, 2.24) is 0 Å². The summed E-state index contributed by atoms with van der Waals surface area (Å²) >= 11 is 0.